The Balaban J connectivity index is 1.99. The molecule has 0 aliphatic heterocycles. The molecule has 1 amide bonds. The van der Waals surface area contributed by atoms with Crippen LogP contribution < -0.4 is 11.1 Å². The van der Waals surface area contributed by atoms with Crippen LogP contribution in [0.4, 0.5) is 15.2 Å². The van der Waals surface area contributed by atoms with Gasteiger partial charge in [0.25, 0.3) is 5.91 Å². The Labute approximate surface area is 165 Å². The van der Waals surface area contributed by atoms with Crippen molar-refractivity contribution >= 4 is 28.1 Å². The third kappa shape index (κ3) is 4.01. The number of nitrogens with two attached hydrogens (primary N) is 1. The Morgan fingerprint density at radius 1 is 1.32 bits per heavy atom. The van der Waals surface area contributed by atoms with Crippen LogP contribution >= 0.6 is 11.3 Å². The molecule has 0 aliphatic carbocycles. The van der Waals surface area contributed by atoms with Gasteiger partial charge in [0.15, 0.2) is 0 Å². The molecule has 3 aromatic rings. The van der Waals surface area contributed by atoms with E-state index in [0.717, 1.165) is 11.3 Å². The van der Waals surface area contributed by atoms with Gasteiger partial charge in [0, 0.05) is 16.6 Å². The van der Waals surface area contributed by atoms with E-state index in [1.807, 2.05) is 6.07 Å². The summed E-state index contributed by atoms with van der Waals surface area (Å²) in [6, 6.07) is 11.1. The van der Waals surface area contributed by atoms with Gasteiger partial charge in [0.2, 0.25) is 0 Å². The van der Waals surface area contributed by atoms with Crippen LogP contribution in [-0.4, -0.2) is 16.0 Å². The van der Waals surface area contributed by atoms with Crippen LogP contribution in [0.2, 0.25) is 0 Å². The van der Waals surface area contributed by atoms with Crippen LogP contribution in [0.1, 0.15) is 35.3 Å². The van der Waals surface area contributed by atoms with E-state index >= 15 is 0 Å². The Kier molecular flexibility index (Phi) is 5.14. The molecule has 0 aliphatic rings. The Hall–Kier alpha value is -3.28. The van der Waals surface area contributed by atoms with Crippen molar-refractivity contribution in [2.75, 3.05) is 5.32 Å². The molecule has 3 rings (SSSR count). The topological polar surface area (TPSA) is 112 Å². The van der Waals surface area contributed by atoms with Crippen molar-refractivity contribution in [3.8, 4) is 16.5 Å². The van der Waals surface area contributed by atoms with Crippen molar-refractivity contribution < 1.29 is 14.3 Å². The summed E-state index contributed by atoms with van der Waals surface area (Å²) >= 11 is 1.15. The second-order valence-corrected chi connectivity index (χ2v) is 7.69. The van der Waals surface area contributed by atoms with Crippen LogP contribution in [0, 0.1) is 17.1 Å². The molecule has 2 heterocycles. The van der Waals surface area contributed by atoms with Gasteiger partial charge in [0.05, 0.1) is 16.7 Å². The molecule has 1 aromatic carbocycles. The number of nitriles is 1. The van der Waals surface area contributed by atoms with Crippen LogP contribution in [0.5, 0.6) is 0 Å². The molecule has 2 aromatic heterocycles. The number of carbonyl (C=O) groups is 1. The average molecular weight is 396 g/mol. The number of benzene rings is 1. The lowest BCUT2D eigenvalue weighted by molar-refractivity contribution is 0.0782. The number of amides is 1. The zero-order valence-electron chi connectivity index (χ0n) is 15.2. The number of rotatable bonds is 5. The highest BCUT2D eigenvalue weighted by molar-refractivity contribution is 7.19. The van der Waals surface area contributed by atoms with Gasteiger partial charge < -0.3 is 16.2 Å². The highest BCUT2D eigenvalue weighted by atomic mass is 32.1. The normalized spacial score (nSPS) is 11.1. The van der Waals surface area contributed by atoms with Gasteiger partial charge >= 0.3 is 0 Å². The lowest BCUT2D eigenvalue weighted by atomic mass is 9.96. The van der Waals surface area contributed by atoms with Gasteiger partial charge in [-0.3, -0.25) is 4.79 Å². The molecule has 6 nitrogen and oxygen atoms in total. The first kappa shape index (κ1) is 19.5. The number of aromatic nitrogens is 1. The number of pyridine rings is 1. The number of halogens is 1. The minimum absolute atomic E-state index is 0.206. The summed E-state index contributed by atoms with van der Waals surface area (Å²) in [6.07, 6.45) is 1.40. The lowest BCUT2D eigenvalue weighted by Crippen LogP contribution is -2.15. The molecular weight excluding hydrogens is 379 g/mol. The van der Waals surface area contributed by atoms with Crippen molar-refractivity contribution in [2.45, 2.75) is 19.4 Å². The third-order valence-electron chi connectivity index (χ3n) is 4.07. The molecule has 142 valence electrons. The molecule has 0 unspecified atom stereocenters. The van der Waals surface area contributed by atoms with E-state index in [0.29, 0.717) is 32.4 Å². The molecular formula is C20H17FN4O2S. The second kappa shape index (κ2) is 7.38. The molecule has 0 saturated heterocycles. The van der Waals surface area contributed by atoms with E-state index < -0.39 is 17.3 Å². The van der Waals surface area contributed by atoms with E-state index in [1.165, 1.54) is 18.3 Å². The summed E-state index contributed by atoms with van der Waals surface area (Å²) in [5.41, 5.74) is 5.64. The van der Waals surface area contributed by atoms with Crippen LogP contribution in [0.25, 0.3) is 10.4 Å². The zero-order chi connectivity index (χ0) is 20.5. The fourth-order valence-corrected chi connectivity index (χ4v) is 3.64. The maximum Gasteiger partial charge on any atom is 0.251 e. The summed E-state index contributed by atoms with van der Waals surface area (Å²) in [6.45, 7) is 3.15. The van der Waals surface area contributed by atoms with Gasteiger partial charge in [0.1, 0.15) is 22.7 Å². The first-order valence-electron chi connectivity index (χ1n) is 8.28. The van der Waals surface area contributed by atoms with Crippen LogP contribution in [0.3, 0.4) is 0 Å². The van der Waals surface area contributed by atoms with Crippen molar-refractivity contribution in [3.05, 3.63) is 65.1 Å². The number of aliphatic hydroxyl groups is 1. The number of primary amides is 1. The van der Waals surface area contributed by atoms with Gasteiger partial charge in [-0.2, -0.15) is 5.26 Å². The van der Waals surface area contributed by atoms with E-state index in [9.17, 15) is 14.3 Å². The predicted molar refractivity (Wildman–Crippen MR) is 106 cm³/mol. The van der Waals surface area contributed by atoms with Gasteiger partial charge in [-0.1, -0.05) is 12.1 Å². The summed E-state index contributed by atoms with van der Waals surface area (Å²) < 4.78 is 14.6. The second-order valence-electron chi connectivity index (χ2n) is 6.64. The molecule has 28 heavy (non-hydrogen) atoms. The molecule has 0 bridgehead atoms. The lowest BCUT2D eigenvalue weighted by Gasteiger charge is -2.18. The highest BCUT2D eigenvalue weighted by Crippen LogP contribution is 2.38. The monoisotopic (exact) mass is 396 g/mol. The Morgan fingerprint density at radius 2 is 2.07 bits per heavy atom. The molecule has 0 fully saturated rings. The number of hydrogen-bond acceptors (Lipinski definition) is 6. The first-order valence-corrected chi connectivity index (χ1v) is 9.10. The predicted octanol–water partition coefficient (Wildman–Crippen LogP) is 3.89. The van der Waals surface area contributed by atoms with Gasteiger partial charge in [-0.05, 0) is 43.7 Å². The van der Waals surface area contributed by atoms with Crippen molar-refractivity contribution in [1.82, 2.24) is 4.98 Å². The third-order valence-corrected chi connectivity index (χ3v) is 5.16. The van der Waals surface area contributed by atoms with Crippen LogP contribution in [0.15, 0.2) is 42.6 Å². The smallest absolute Gasteiger partial charge is 0.251 e. The number of nitrogens with one attached hydrogen (secondary N) is 1. The summed E-state index contributed by atoms with van der Waals surface area (Å²) in [5.74, 6) is -0.750. The highest BCUT2D eigenvalue weighted by Gasteiger charge is 2.21. The molecule has 0 saturated carbocycles. The molecule has 0 spiro atoms. The van der Waals surface area contributed by atoms with Gasteiger partial charge in [-0.15, -0.1) is 11.3 Å². The number of carbonyl (C=O) groups excluding carboxylic acids is 1. The molecule has 0 radical (unpaired) electrons. The van der Waals surface area contributed by atoms with E-state index in [4.69, 9.17) is 11.0 Å². The number of thiophene rings is 1. The van der Waals surface area contributed by atoms with E-state index in [-0.39, 0.29) is 5.56 Å². The van der Waals surface area contributed by atoms with E-state index in [2.05, 4.69) is 10.3 Å². The van der Waals surface area contributed by atoms with Crippen LogP contribution in [-0.2, 0) is 5.60 Å². The maximum absolute atomic E-state index is 14.6. The zero-order valence-corrected chi connectivity index (χ0v) is 16.0. The van der Waals surface area contributed by atoms with Crippen molar-refractivity contribution in [2.24, 2.45) is 5.73 Å². The molecule has 4 N–H and O–H groups in total. The fourth-order valence-electron chi connectivity index (χ4n) is 2.55. The minimum Gasteiger partial charge on any atom is -0.386 e. The SMILES string of the molecule is CC(C)(O)c1ccc(-c2cc(C(N)=O)c(Nc3ccc(C#N)cn3)s2)c(F)c1. The summed E-state index contributed by atoms with van der Waals surface area (Å²) in [4.78, 5) is 16.4. The average Bonchev–Trinajstić information content (AvgIpc) is 3.05. The molecule has 8 heteroatoms. The number of anilines is 2. The summed E-state index contributed by atoms with van der Waals surface area (Å²) in [5, 5.41) is 22.3. The number of nitrogens with zero attached hydrogens (tertiary/aromatic N) is 2. The fraction of sp³-hybridized carbons (Fsp3) is 0.150. The molecule has 0 atom stereocenters. The number of hydrogen-bond donors (Lipinski definition) is 3. The quantitative estimate of drug-likeness (QED) is 0.606. The Morgan fingerprint density at radius 3 is 2.61 bits per heavy atom. The largest absolute Gasteiger partial charge is 0.386 e. The van der Waals surface area contributed by atoms with Gasteiger partial charge in [-0.25, -0.2) is 9.37 Å². The standard InChI is InChI=1S/C20H17FN4O2S/c1-20(2,27)12-4-5-13(15(21)7-12)16-8-14(18(23)26)19(28-16)25-17-6-3-11(9-22)10-24-17/h3-8,10,27H,1-2H3,(H2,23,26)(H,24,25). The van der Waals surface area contributed by atoms with Crippen molar-refractivity contribution in [1.29, 1.82) is 5.26 Å². The van der Waals surface area contributed by atoms with E-state index in [1.54, 1.807) is 38.1 Å². The van der Waals surface area contributed by atoms with Crippen molar-refractivity contribution in [3.63, 3.8) is 0 Å². The Bertz CT molecular complexity index is 1080. The summed E-state index contributed by atoms with van der Waals surface area (Å²) in [7, 11) is 0. The minimum atomic E-state index is -1.17. The first-order chi connectivity index (χ1) is 13.2. The maximum atomic E-state index is 14.6.